The van der Waals surface area contributed by atoms with Crippen LogP contribution in [-0.4, -0.2) is 5.78 Å². The number of benzene rings is 1. The van der Waals surface area contributed by atoms with Gasteiger partial charge >= 0.3 is 0 Å². The normalized spacial score (nSPS) is 10.1. The summed E-state index contributed by atoms with van der Waals surface area (Å²) < 4.78 is 24.9. The molecule has 0 N–H and O–H groups in total. The summed E-state index contributed by atoms with van der Waals surface area (Å²) in [6.07, 6.45) is -2.67. The van der Waals surface area contributed by atoms with Gasteiger partial charge in [-0.25, -0.2) is 8.78 Å². The zero-order chi connectivity index (χ0) is 11.6. The lowest BCUT2D eigenvalue weighted by molar-refractivity contribution is 0.101. The molecule has 0 bridgehead atoms. The molecule has 0 radical (unpaired) electrons. The van der Waals surface area contributed by atoms with Gasteiger partial charge in [0.2, 0.25) is 0 Å². The number of nitriles is 1. The molecule has 0 heterocycles. The highest BCUT2D eigenvalue weighted by Crippen LogP contribution is 2.31. The van der Waals surface area contributed by atoms with Crippen LogP contribution in [0.3, 0.4) is 0 Å². The zero-order valence-corrected chi connectivity index (χ0v) is 9.31. The van der Waals surface area contributed by atoms with Crippen LogP contribution in [0.1, 0.15) is 34.8 Å². The Morgan fingerprint density at radius 3 is 2.53 bits per heavy atom. The molecule has 0 atom stereocenters. The predicted octanol–water partition coefficient (Wildman–Crippen LogP) is 3.46. The van der Waals surface area contributed by atoms with Crippen LogP contribution in [0.2, 0.25) is 0 Å². The second-order valence-corrected chi connectivity index (χ2v) is 3.65. The fourth-order valence-electron chi connectivity index (χ4n) is 1.16. The molecule has 0 saturated carbocycles. The molecular weight excluding hydrogens is 268 g/mol. The molecule has 0 aliphatic heterocycles. The Morgan fingerprint density at radius 1 is 1.53 bits per heavy atom. The summed E-state index contributed by atoms with van der Waals surface area (Å²) in [6, 6.07) is 4.13. The van der Waals surface area contributed by atoms with Gasteiger partial charge in [0.25, 0.3) is 6.43 Å². The SMILES string of the molecule is CC(=O)c1ccc(C(F)F)c(Br)c1C#N. The fraction of sp³-hybridized carbons (Fsp3) is 0.200. The molecule has 2 nitrogen and oxygen atoms in total. The maximum absolute atomic E-state index is 12.5. The number of rotatable bonds is 2. The van der Waals surface area contributed by atoms with E-state index in [1.807, 2.05) is 0 Å². The molecule has 0 fully saturated rings. The molecule has 0 aromatic heterocycles. The third-order valence-corrected chi connectivity index (χ3v) is 2.75. The Bertz CT molecular complexity index is 451. The maximum Gasteiger partial charge on any atom is 0.264 e. The van der Waals surface area contributed by atoms with Gasteiger partial charge in [0, 0.05) is 15.6 Å². The van der Waals surface area contributed by atoms with Crippen LogP contribution in [0, 0.1) is 11.3 Å². The Kier molecular flexibility index (Phi) is 3.53. The smallest absolute Gasteiger partial charge is 0.264 e. The Morgan fingerprint density at radius 2 is 2.13 bits per heavy atom. The van der Waals surface area contributed by atoms with Crippen molar-refractivity contribution in [3.05, 3.63) is 33.3 Å². The lowest BCUT2D eigenvalue weighted by Gasteiger charge is -2.07. The number of hydrogen-bond acceptors (Lipinski definition) is 2. The molecular formula is C10H6BrF2NO. The maximum atomic E-state index is 12.5. The van der Waals surface area contributed by atoms with Crippen molar-refractivity contribution in [3.8, 4) is 6.07 Å². The zero-order valence-electron chi connectivity index (χ0n) is 7.72. The summed E-state index contributed by atoms with van der Waals surface area (Å²) in [5, 5.41) is 8.78. The summed E-state index contributed by atoms with van der Waals surface area (Å²) in [6.45, 7) is 1.28. The predicted molar refractivity (Wildman–Crippen MR) is 53.8 cm³/mol. The Hall–Kier alpha value is -1.28. The van der Waals surface area contributed by atoms with Crippen LogP contribution in [0.5, 0.6) is 0 Å². The fourth-order valence-corrected chi connectivity index (χ4v) is 1.77. The minimum atomic E-state index is -2.67. The van der Waals surface area contributed by atoms with Crippen molar-refractivity contribution in [1.29, 1.82) is 5.26 Å². The number of carbonyl (C=O) groups is 1. The Labute approximate surface area is 93.6 Å². The molecule has 15 heavy (non-hydrogen) atoms. The van der Waals surface area contributed by atoms with E-state index in [1.165, 1.54) is 13.0 Å². The largest absolute Gasteiger partial charge is 0.294 e. The van der Waals surface area contributed by atoms with Gasteiger partial charge < -0.3 is 0 Å². The van der Waals surface area contributed by atoms with Crippen LogP contribution < -0.4 is 0 Å². The molecule has 0 unspecified atom stereocenters. The van der Waals surface area contributed by atoms with Gasteiger partial charge in [-0.1, -0.05) is 6.07 Å². The average Bonchev–Trinajstić information content (AvgIpc) is 2.16. The molecule has 1 rings (SSSR count). The van der Waals surface area contributed by atoms with E-state index in [2.05, 4.69) is 15.9 Å². The quantitative estimate of drug-likeness (QED) is 0.775. The van der Waals surface area contributed by atoms with Gasteiger partial charge in [-0.2, -0.15) is 5.26 Å². The van der Waals surface area contributed by atoms with Crippen LogP contribution >= 0.6 is 15.9 Å². The molecule has 0 amide bonds. The summed E-state index contributed by atoms with van der Waals surface area (Å²) in [4.78, 5) is 11.1. The van der Waals surface area contributed by atoms with Crippen molar-refractivity contribution >= 4 is 21.7 Å². The summed E-state index contributed by atoms with van der Waals surface area (Å²) >= 11 is 2.91. The number of nitrogens with zero attached hydrogens (tertiary/aromatic N) is 1. The number of carbonyl (C=O) groups excluding carboxylic acids is 1. The Balaban J connectivity index is 3.48. The van der Waals surface area contributed by atoms with E-state index in [0.29, 0.717) is 0 Å². The summed E-state index contributed by atoms with van der Waals surface area (Å²) in [5.41, 5.74) is -0.175. The van der Waals surface area contributed by atoms with Gasteiger partial charge in [-0.3, -0.25) is 4.79 Å². The minimum absolute atomic E-state index is 0.00676. The van der Waals surface area contributed by atoms with Crippen LogP contribution in [-0.2, 0) is 0 Å². The van der Waals surface area contributed by atoms with Gasteiger partial charge in [0.15, 0.2) is 5.78 Å². The second kappa shape index (κ2) is 4.49. The lowest BCUT2D eigenvalue weighted by atomic mass is 10.0. The van der Waals surface area contributed by atoms with E-state index in [9.17, 15) is 13.6 Å². The first-order valence-electron chi connectivity index (χ1n) is 4.00. The molecule has 1 aromatic carbocycles. The van der Waals surface area contributed by atoms with Gasteiger partial charge in [0.1, 0.15) is 6.07 Å². The van der Waals surface area contributed by atoms with Crippen molar-refractivity contribution in [1.82, 2.24) is 0 Å². The molecule has 0 aliphatic carbocycles. The number of halogens is 3. The first kappa shape index (κ1) is 11.8. The van der Waals surface area contributed by atoms with Gasteiger partial charge in [-0.05, 0) is 28.9 Å². The highest BCUT2D eigenvalue weighted by molar-refractivity contribution is 9.10. The van der Waals surface area contributed by atoms with Gasteiger partial charge in [-0.15, -0.1) is 0 Å². The molecule has 0 saturated heterocycles. The van der Waals surface area contributed by atoms with Crippen molar-refractivity contribution in [2.75, 3.05) is 0 Å². The molecule has 1 aromatic rings. The van der Waals surface area contributed by atoms with E-state index in [1.54, 1.807) is 6.07 Å². The summed E-state index contributed by atoms with van der Waals surface area (Å²) in [7, 11) is 0. The average molecular weight is 274 g/mol. The highest BCUT2D eigenvalue weighted by Gasteiger charge is 2.18. The molecule has 5 heteroatoms. The first-order chi connectivity index (χ1) is 6.99. The van der Waals surface area contributed by atoms with Crippen LogP contribution in [0.15, 0.2) is 16.6 Å². The number of hydrogen-bond donors (Lipinski definition) is 0. The van der Waals surface area contributed by atoms with Crippen molar-refractivity contribution < 1.29 is 13.6 Å². The number of Topliss-reactive ketones (excluding diaryl/α,β-unsaturated/α-hetero) is 1. The third-order valence-electron chi connectivity index (χ3n) is 1.90. The van der Waals surface area contributed by atoms with Crippen molar-refractivity contribution in [2.24, 2.45) is 0 Å². The third kappa shape index (κ3) is 2.21. The number of alkyl halides is 2. The van der Waals surface area contributed by atoms with E-state index in [0.717, 1.165) is 6.07 Å². The second-order valence-electron chi connectivity index (χ2n) is 2.86. The monoisotopic (exact) mass is 273 g/mol. The van der Waals surface area contributed by atoms with E-state index in [-0.39, 0.29) is 26.9 Å². The number of ketones is 1. The summed E-state index contributed by atoms with van der Waals surface area (Å²) in [5.74, 6) is -0.326. The molecule has 0 spiro atoms. The minimum Gasteiger partial charge on any atom is -0.294 e. The lowest BCUT2D eigenvalue weighted by Crippen LogP contribution is -2.00. The van der Waals surface area contributed by atoms with Gasteiger partial charge in [0.05, 0.1) is 5.56 Å². The van der Waals surface area contributed by atoms with Crippen LogP contribution in [0.4, 0.5) is 8.78 Å². The van der Waals surface area contributed by atoms with Crippen LogP contribution in [0.25, 0.3) is 0 Å². The standard InChI is InChI=1S/C10H6BrF2NO/c1-5(15)6-2-3-7(10(12)13)9(11)8(6)4-14/h2-3,10H,1H3. The van der Waals surface area contributed by atoms with E-state index in [4.69, 9.17) is 5.26 Å². The van der Waals surface area contributed by atoms with E-state index < -0.39 is 6.43 Å². The highest BCUT2D eigenvalue weighted by atomic mass is 79.9. The van der Waals surface area contributed by atoms with Crippen molar-refractivity contribution in [2.45, 2.75) is 13.3 Å². The molecule has 78 valence electrons. The first-order valence-corrected chi connectivity index (χ1v) is 4.80. The topological polar surface area (TPSA) is 40.9 Å². The van der Waals surface area contributed by atoms with E-state index >= 15 is 0 Å². The molecule has 0 aliphatic rings. The van der Waals surface area contributed by atoms with Crippen molar-refractivity contribution in [3.63, 3.8) is 0 Å².